The fourth-order valence-electron chi connectivity index (χ4n) is 1.17. The van der Waals surface area contributed by atoms with Crippen molar-refractivity contribution in [1.29, 1.82) is 0 Å². The van der Waals surface area contributed by atoms with Crippen LogP contribution in [0.15, 0.2) is 21.2 Å². The van der Waals surface area contributed by atoms with E-state index >= 15 is 0 Å². The first kappa shape index (κ1) is 9.68. The molecule has 0 aliphatic heterocycles. The number of ether oxygens (including phenoxy) is 3. The molecular formula is C8H11O3Ti. The first-order chi connectivity index (χ1) is 5.74. The third-order valence-electron chi connectivity index (χ3n) is 1.73. The van der Waals surface area contributed by atoms with Crippen LogP contribution in [0, 0.1) is 0 Å². The third kappa shape index (κ3) is 1.52. The summed E-state index contributed by atoms with van der Waals surface area (Å²) in [5.41, 5.74) is 0. The van der Waals surface area contributed by atoms with Gasteiger partial charge in [-0.3, -0.25) is 0 Å². The molecule has 0 saturated carbocycles. The molecule has 1 rings (SSSR count). The van der Waals surface area contributed by atoms with Gasteiger partial charge in [0.1, 0.15) is 0 Å². The summed E-state index contributed by atoms with van der Waals surface area (Å²) in [6.45, 7) is 0. The van der Waals surface area contributed by atoms with Crippen LogP contribution < -0.4 is 0 Å². The number of methoxy groups -OCH3 is 3. The Labute approximate surface area is 83.8 Å². The van der Waals surface area contributed by atoms with Gasteiger partial charge < -0.3 is 0 Å². The van der Waals surface area contributed by atoms with E-state index in [0.29, 0.717) is 0 Å². The van der Waals surface area contributed by atoms with Crippen LogP contribution >= 0.6 is 0 Å². The normalized spacial score (nSPS) is 16.8. The number of allylic oxidation sites excluding steroid dienone is 1. The van der Waals surface area contributed by atoms with E-state index in [1.807, 2.05) is 20.4 Å². The van der Waals surface area contributed by atoms with Crippen molar-refractivity contribution in [3.8, 4) is 0 Å². The van der Waals surface area contributed by atoms with Crippen molar-refractivity contribution in [2.45, 2.75) is 6.42 Å². The Morgan fingerprint density at radius 3 is 2.00 bits per heavy atom. The van der Waals surface area contributed by atoms with E-state index < -0.39 is 0 Å². The summed E-state index contributed by atoms with van der Waals surface area (Å²) >= 11 is 2.00. The van der Waals surface area contributed by atoms with Gasteiger partial charge in [-0.25, -0.2) is 0 Å². The van der Waals surface area contributed by atoms with Crippen molar-refractivity contribution in [3.63, 3.8) is 0 Å². The second kappa shape index (κ2) is 4.01. The van der Waals surface area contributed by atoms with Crippen molar-refractivity contribution < 1.29 is 34.6 Å². The maximum atomic E-state index is 5.18. The van der Waals surface area contributed by atoms with Gasteiger partial charge in [-0.05, 0) is 0 Å². The Bertz CT molecular complexity index is 243. The molecule has 0 aromatic carbocycles. The zero-order valence-electron chi connectivity index (χ0n) is 7.43. The molecule has 4 heteroatoms. The first-order valence-electron chi connectivity index (χ1n) is 3.54. The SMILES string of the molecule is COC1=C(OC)C(OC)=[C]([Ti])C1. The standard InChI is InChI=1S/C8H11O3.Ti/c1-9-6-4-5-7(10-2)8(6)11-3;/h4H2,1-3H3;. The Balaban J connectivity index is 2.94. The quantitative estimate of drug-likeness (QED) is 0.647. The average Bonchev–Trinajstić information content (AvgIpc) is 2.40. The minimum atomic E-state index is 0.720. The van der Waals surface area contributed by atoms with Crippen LogP contribution in [0.25, 0.3) is 0 Å². The third-order valence-corrected chi connectivity index (χ3v) is 2.36. The van der Waals surface area contributed by atoms with Crippen molar-refractivity contribution in [1.82, 2.24) is 0 Å². The molecule has 0 atom stereocenters. The Morgan fingerprint density at radius 1 is 1.00 bits per heavy atom. The summed E-state index contributed by atoms with van der Waals surface area (Å²) < 4.78 is 16.6. The molecule has 0 radical (unpaired) electrons. The second-order valence-electron chi connectivity index (χ2n) is 2.35. The van der Waals surface area contributed by atoms with Gasteiger partial charge in [0.15, 0.2) is 0 Å². The summed E-state index contributed by atoms with van der Waals surface area (Å²) in [5, 5.41) is 0. The molecule has 0 heterocycles. The fraction of sp³-hybridized carbons (Fsp3) is 0.500. The van der Waals surface area contributed by atoms with Crippen LogP contribution in [-0.2, 0) is 34.6 Å². The van der Waals surface area contributed by atoms with Crippen molar-refractivity contribution >= 4 is 0 Å². The molecule has 0 unspecified atom stereocenters. The number of hydrogen-bond acceptors (Lipinski definition) is 3. The molecule has 0 fully saturated rings. The molecule has 3 nitrogen and oxygen atoms in total. The number of hydrogen-bond donors (Lipinski definition) is 0. The number of rotatable bonds is 3. The molecule has 0 aromatic heterocycles. The molecule has 0 aromatic rings. The predicted octanol–water partition coefficient (Wildman–Crippen LogP) is 1.30. The van der Waals surface area contributed by atoms with Gasteiger partial charge >= 0.3 is 83.6 Å². The molecule has 1 aliphatic rings. The van der Waals surface area contributed by atoms with Crippen LogP contribution in [0.2, 0.25) is 0 Å². The van der Waals surface area contributed by atoms with Crippen molar-refractivity contribution in [3.05, 3.63) is 21.2 Å². The average molecular weight is 203 g/mol. The molecule has 12 heavy (non-hydrogen) atoms. The molecule has 0 amide bonds. The van der Waals surface area contributed by atoms with Crippen LogP contribution in [0.3, 0.4) is 0 Å². The van der Waals surface area contributed by atoms with Gasteiger partial charge in [-0.2, -0.15) is 0 Å². The first-order valence-corrected chi connectivity index (χ1v) is 4.33. The fourth-order valence-corrected chi connectivity index (χ4v) is 1.76. The van der Waals surface area contributed by atoms with Crippen molar-refractivity contribution in [2.24, 2.45) is 0 Å². The van der Waals surface area contributed by atoms with Gasteiger partial charge in [0, 0.05) is 0 Å². The molecule has 1 aliphatic carbocycles. The second-order valence-corrected chi connectivity index (χ2v) is 3.29. The van der Waals surface area contributed by atoms with Gasteiger partial charge in [0.2, 0.25) is 0 Å². The zero-order valence-corrected chi connectivity index (χ0v) is 8.99. The van der Waals surface area contributed by atoms with E-state index in [2.05, 4.69) is 0 Å². The van der Waals surface area contributed by atoms with Crippen LogP contribution in [0.1, 0.15) is 6.42 Å². The summed E-state index contributed by atoms with van der Waals surface area (Å²) in [6.07, 6.45) is 0.781. The van der Waals surface area contributed by atoms with E-state index in [4.69, 9.17) is 14.2 Å². The minimum absolute atomic E-state index is 0.720. The van der Waals surface area contributed by atoms with E-state index in [1.165, 1.54) is 0 Å². The summed E-state index contributed by atoms with van der Waals surface area (Å²) in [5.74, 6) is 2.36. The van der Waals surface area contributed by atoms with E-state index in [1.54, 1.807) is 21.3 Å². The Hall–Kier alpha value is -0.406. The van der Waals surface area contributed by atoms with Crippen LogP contribution in [0.5, 0.6) is 0 Å². The topological polar surface area (TPSA) is 27.7 Å². The monoisotopic (exact) mass is 203 g/mol. The molecular weight excluding hydrogens is 192 g/mol. The zero-order chi connectivity index (χ0) is 9.14. The van der Waals surface area contributed by atoms with Gasteiger partial charge in [0.25, 0.3) is 0 Å². The summed E-state index contributed by atoms with van der Waals surface area (Å²) in [7, 11) is 4.89. The van der Waals surface area contributed by atoms with Crippen LogP contribution in [0.4, 0.5) is 0 Å². The molecule has 65 valence electrons. The summed E-state index contributed by atoms with van der Waals surface area (Å²) in [4.78, 5) is 0. The molecule has 0 bridgehead atoms. The van der Waals surface area contributed by atoms with E-state index in [0.717, 1.165) is 27.6 Å². The maximum absolute atomic E-state index is 5.18. The molecule has 0 saturated heterocycles. The van der Waals surface area contributed by atoms with Crippen molar-refractivity contribution in [2.75, 3.05) is 21.3 Å². The van der Waals surface area contributed by atoms with Gasteiger partial charge in [0.05, 0.1) is 0 Å². The molecule has 0 spiro atoms. The van der Waals surface area contributed by atoms with Gasteiger partial charge in [-0.1, -0.05) is 0 Å². The summed E-state index contributed by atoms with van der Waals surface area (Å²) in [6, 6.07) is 0. The Kier molecular flexibility index (Phi) is 3.24. The molecule has 0 N–H and O–H groups in total. The Morgan fingerprint density at radius 2 is 1.58 bits per heavy atom. The van der Waals surface area contributed by atoms with Crippen LogP contribution in [-0.4, -0.2) is 21.3 Å². The van der Waals surface area contributed by atoms with Gasteiger partial charge in [-0.15, -0.1) is 0 Å². The van der Waals surface area contributed by atoms with E-state index in [-0.39, 0.29) is 0 Å². The van der Waals surface area contributed by atoms with E-state index in [9.17, 15) is 0 Å². The predicted molar refractivity (Wildman–Crippen MR) is 39.7 cm³/mol.